The second-order valence-corrected chi connectivity index (χ2v) is 4.69. The largest absolute Gasteiger partial charge is 0.491 e. The molecule has 1 aromatic rings. The predicted octanol–water partition coefficient (Wildman–Crippen LogP) is -0.461. The number of methoxy groups -OCH3 is 2. The molecule has 19 heavy (non-hydrogen) atoms. The van der Waals surface area contributed by atoms with E-state index in [1.165, 1.54) is 13.2 Å². The highest BCUT2D eigenvalue weighted by molar-refractivity contribution is 5.96. The van der Waals surface area contributed by atoms with Crippen LogP contribution in [0.1, 0.15) is 22.3 Å². The summed E-state index contributed by atoms with van der Waals surface area (Å²) < 4.78 is 12.2. The summed E-state index contributed by atoms with van der Waals surface area (Å²) in [7, 11) is 4.69. The van der Waals surface area contributed by atoms with Gasteiger partial charge in [-0.3, -0.25) is 14.6 Å². The molecule has 0 saturated carbocycles. The Morgan fingerprint density at radius 1 is 1.32 bits per heavy atom. The van der Waals surface area contributed by atoms with Crippen LogP contribution in [0.2, 0.25) is 0 Å². The quantitative estimate of drug-likeness (QED) is 0.724. The third-order valence-corrected chi connectivity index (χ3v) is 3.58. The van der Waals surface area contributed by atoms with Crippen molar-refractivity contribution < 1.29 is 14.3 Å². The molecule has 1 atom stereocenters. The molecule has 0 spiro atoms. The summed E-state index contributed by atoms with van der Waals surface area (Å²) in [5, 5.41) is 1.96. The second-order valence-electron chi connectivity index (χ2n) is 4.69. The Kier molecular flexibility index (Phi) is 2.53. The molecule has 1 aromatic heterocycles. The zero-order valence-electron chi connectivity index (χ0n) is 11.0. The SMILES string of the molecule is COc1c2n3c(cc1=O)C(OC)CN3CN(C)C2=O. The Hall–Kier alpha value is -2.02. The molecule has 7 nitrogen and oxygen atoms in total. The van der Waals surface area contributed by atoms with Crippen LogP contribution in [-0.2, 0) is 4.74 Å². The standard InChI is InChI=1S/C12H15N3O4/c1-13-6-14-5-9(18-2)7-4-8(16)11(19-3)10(12(13)17)15(7)14/h4,9H,5-6H2,1-3H3. The van der Waals surface area contributed by atoms with Crippen LogP contribution >= 0.6 is 0 Å². The molecule has 0 saturated heterocycles. The van der Waals surface area contributed by atoms with Gasteiger partial charge in [-0.15, -0.1) is 0 Å². The zero-order chi connectivity index (χ0) is 13.7. The van der Waals surface area contributed by atoms with Gasteiger partial charge in [0.2, 0.25) is 5.43 Å². The van der Waals surface area contributed by atoms with Crippen LogP contribution in [-0.4, -0.2) is 50.0 Å². The Bertz CT molecular complexity index is 610. The molecule has 0 fully saturated rings. The van der Waals surface area contributed by atoms with Crippen molar-refractivity contribution in [2.75, 3.05) is 39.5 Å². The molecule has 1 unspecified atom stereocenters. The third kappa shape index (κ3) is 1.48. The van der Waals surface area contributed by atoms with E-state index in [0.717, 1.165) is 0 Å². The number of carbonyl (C=O) groups excluding carboxylic acids is 1. The van der Waals surface area contributed by atoms with Crippen LogP contribution in [0.15, 0.2) is 10.9 Å². The first kappa shape index (κ1) is 12.0. The molecule has 2 aliphatic heterocycles. The number of ether oxygens (including phenoxy) is 2. The lowest BCUT2D eigenvalue weighted by molar-refractivity contribution is 0.0733. The van der Waals surface area contributed by atoms with Crippen LogP contribution in [0.5, 0.6) is 5.75 Å². The highest BCUT2D eigenvalue weighted by Crippen LogP contribution is 2.31. The van der Waals surface area contributed by atoms with Gasteiger partial charge in [-0.1, -0.05) is 0 Å². The van der Waals surface area contributed by atoms with Crippen LogP contribution in [0.3, 0.4) is 0 Å². The average Bonchev–Trinajstić information content (AvgIpc) is 2.73. The van der Waals surface area contributed by atoms with Crippen molar-refractivity contribution in [3.05, 3.63) is 27.7 Å². The summed E-state index contributed by atoms with van der Waals surface area (Å²) in [5.41, 5.74) is 0.680. The van der Waals surface area contributed by atoms with Gasteiger partial charge in [-0.05, 0) is 0 Å². The Labute approximate surface area is 109 Å². The number of hydrogen-bond acceptors (Lipinski definition) is 5. The van der Waals surface area contributed by atoms with E-state index < -0.39 is 0 Å². The van der Waals surface area contributed by atoms with Crippen LogP contribution in [0, 0.1) is 0 Å². The average molecular weight is 265 g/mol. The lowest BCUT2D eigenvalue weighted by Gasteiger charge is -2.35. The second kappa shape index (κ2) is 3.99. The van der Waals surface area contributed by atoms with Gasteiger partial charge in [0.25, 0.3) is 5.91 Å². The number of hydrogen-bond donors (Lipinski definition) is 0. The topological polar surface area (TPSA) is 64.0 Å². The highest BCUT2D eigenvalue weighted by atomic mass is 16.5. The van der Waals surface area contributed by atoms with Crippen LogP contribution in [0.25, 0.3) is 0 Å². The maximum atomic E-state index is 12.3. The van der Waals surface area contributed by atoms with Gasteiger partial charge >= 0.3 is 0 Å². The maximum absolute atomic E-state index is 12.3. The molecule has 0 bridgehead atoms. The smallest absolute Gasteiger partial charge is 0.277 e. The monoisotopic (exact) mass is 265 g/mol. The molecule has 102 valence electrons. The van der Waals surface area contributed by atoms with Gasteiger partial charge in [0, 0.05) is 20.2 Å². The van der Waals surface area contributed by atoms with Crippen molar-refractivity contribution in [1.29, 1.82) is 0 Å². The zero-order valence-corrected chi connectivity index (χ0v) is 11.0. The van der Waals surface area contributed by atoms with E-state index in [9.17, 15) is 9.59 Å². The van der Waals surface area contributed by atoms with E-state index >= 15 is 0 Å². The molecule has 0 aliphatic carbocycles. The molecule has 2 aliphatic rings. The first-order valence-electron chi connectivity index (χ1n) is 5.96. The Balaban J connectivity index is 2.32. The molecule has 3 rings (SSSR count). The minimum atomic E-state index is -0.295. The van der Waals surface area contributed by atoms with Crippen molar-refractivity contribution in [2.24, 2.45) is 0 Å². The summed E-state index contributed by atoms with van der Waals surface area (Å²) in [6, 6.07) is 1.48. The Morgan fingerprint density at radius 3 is 2.68 bits per heavy atom. The molecule has 1 amide bonds. The van der Waals surface area contributed by atoms with Gasteiger partial charge < -0.3 is 14.4 Å². The van der Waals surface area contributed by atoms with Gasteiger partial charge in [-0.2, -0.15) is 0 Å². The molecular weight excluding hydrogens is 250 g/mol. The van der Waals surface area contributed by atoms with Crippen molar-refractivity contribution in [3.8, 4) is 5.75 Å². The predicted molar refractivity (Wildman–Crippen MR) is 67.0 cm³/mol. The number of rotatable bonds is 2. The van der Waals surface area contributed by atoms with Crippen LogP contribution < -0.4 is 15.2 Å². The summed E-state index contributed by atoms with van der Waals surface area (Å²) in [4.78, 5) is 25.9. The van der Waals surface area contributed by atoms with Gasteiger partial charge in [-0.25, -0.2) is 4.68 Å². The Morgan fingerprint density at radius 2 is 2.05 bits per heavy atom. The van der Waals surface area contributed by atoms with Gasteiger partial charge in [0.15, 0.2) is 11.4 Å². The fourth-order valence-corrected chi connectivity index (χ4v) is 2.69. The third-order valence-electron chi connectivity index (χ3n) is 3.58. The molecule has 7 heteroatoms. The van der Waals surface area contributed by atoms with Crippen molar-refractivity contribution in [1.82, 2.24) is 9.58 Å². The van der Waals surface area contributed by atoms with Gasteiger partial charge in [0.1, 0.15) is 12.8 Å². The minimum absolute atomic E-state index is 0.0852. The van der Waals surface area contributed by atoms with E-state index in [1.807, 2.05) is 5.01 Å². The van der Waals surface area contributed by atoms with E-state index in [1.54, 1.807) is 23.7 Å². The van der Waals surface area contributed by atoms with E-state index in [-0.39, 0.29) is 28.9 Å². The van der Waals surface area contributed by atoms with E-state index in [0.29, 0.717) is 18.9 Å². The number of nitrogens with zero attached hydrogens (tertiary/aromatic N) is 3. The lowest BCUT2D eigenvalue weighted by Crippen LogP contribution is -2.51. The fraction of sp³-hybridized carbons (Fsp3) is 0.500. The molecular formula is C12H15N3O4. The summed E-state index contributed by atoms with van der Waals surface area (Å²) in [5.74, 6) is -0.133. The molecule has 0 N–H and O–H groups in total. The normalized spacial score (nSPS) is 20.8. The van der Waals surface area contributed by atoms with Crippen molar-refractivity contribution >= 4 is 5.91 Å². The number of amides is 1. The minimum Gasteiger partial charge on any atom is -0.491 e. The summed E-state index contributed by atoms with van der Waals surface area (Å²) in [6.07, 6.45) is -0.211. The summed E-state index contributed by atoms with van der Waals surface area (Å²) in [6.45, 7) is 1.07. The first-order chi connectivity index (χ1) is 9.08. The first-order valence-corrected chi connectivity index (χ1v) is 5.96. The molecule has 0 radical (unpaired) electrons. The molecule has 0 aromatic carbocycles. The number of aromatic nitrogens is 1. The fourth-order valence-electron chi connectivity index (χ4n) is 2.69. The van der Waals surface area contributed by atoms with E-state index in [2.05, 4.69) is 0 Å². The highest BCUT2D eigenvalue weighted by Gasteiger charge is 2.39. The lowest BCUT2D eigenvalue weighted by atomic mass is 10.2. The number of pyridine rings is 1. The number of carbonyl (C=O) groups is 1. The van der Waals surface area contributed by atoms with Crippen molar-refractivity contribution in [3.63, 3.8) is 0 Å². The van der Waals surface area contributed by atoms with Crippen LogP contribution in [0.4, 0.5) is 0 Å². The van der Waals surface area contributed by atoms with Gasteiger partial charge in [0.05, 0.1) is 19.3 Å². The van der Waals surface area contributed by atoms with Crippen molar-refractivity contribution in [2.45, 2.75) is 6.10 Å². The maximum Gasteiger partial charge on any atom is 0.277 e. The molecule has 3 heterocycles. The summed E-state index contributed by atoms with van der Waals surface area (Å²) >= 11 is 0. The van der Waals surface area contributed by atoms with E-state index in [4.69, 9.17) is 9.47 Å².